The van der Waals surface area contributed by atoms with E-state index in [1.54, 1.807) is 0 Å². The molecule has 1 aliphatic heterocycles. The molecule has 0 aromatic heterocycles. The summed E-state index contributed by atoms with van der Waals surface area (Å²) in [5.74, 6) is -0.217. The van der Waals surface area contributed by atoms with E-state index in [4.69, 9.17) is 9.47 Å². The summed E-state index contributed by atoms with van der Waals surface area (Å²) in [6.07, 6.45) is 4.25. The lowest BCUT2D eigenvalue weighted by atomic mass is 10.1. The first kappa shape index (κ1) is 11.2. The van der Waals surface area contributed by atoms with Crippen LogP contribution in [0.4, 0.5) is 0 Å². The number of ether oxygens (including phenoxy) is 2. The van der Waals surface area contributed by atoms with Crippen LogP contribution in [0, 0.1) is 0 Å². The minimum Gasteiger partial charge on any atom is -0.464 e. The van der Waals surface area contributed by atoms with Gasteiger partial charge in [-0.15, -0.1) is 0 Å². The fraction of sp³-hybridized carbons (Fsp3) is 0.727. The molecule has 0 radical (unpaired) electrons. The first-order valence-corrected chi connectivity index (χ1v) is 5.18. The third-order valence-corrected chi connectivity index (χ3v) is 2.24. The van der Waals surface area contributed by atoms with Gasteiger partial charge in [-0.05, 0) is 13.3 Å². The molecule has 14 heavy (non-hydrogen) atoms. The van der Waals surface area contributed by atoms with Crippen LogP contribution in [0.25, 0.3) is 0 Å². The number of carbonyl (C=O) groups is 1. The molecule has 1 atom stereocenters. The second-order valence-electron chi connectivity index (χ2n) is 3.60. The molecule has 0 saturated heterocycles. The van der Waals surface area contributed by atoms with Gasteiger partial charge in [0.15, 0.2) is 6.10 Å². The molecule has 0 fully saturated rings. The smallest absolute Gasteiger partial charge is 0.335 e. The van der Waals surface area contributed by atoms with Gasteiger partial charge in [0.05, 0.1) is 13.2 Å². The predicted molar refractivity (Wildman–Crippen MR) is 54.0 cm³/mol. The van der Waals surface area contributed by atoms with Crippen molar-refractivity contribution in [3.63, 3.8) is 0 Å². The van der Waals surface area contributed by atoms with E-state index in [2.05, 4.69) is 6.92 Å². The van der Waals surface area contributed by atoms with Crippen molar-refractivity contribution in [3.05, 3.63) is 11.6 Å². The summed E-state index contributed by atoms with van der Waals surface area (Å²) in [6.45, 7) is 5.12. The summed E-state index contributed by atoms with van der Waals surface area (Å²) < 4.78 is 10.4. The van der Waals surface area contributed by atoms with Crippen LogP contribution in [0.1, 0.15) is 33.1 Å². The summed E-state index contributed by atoms with van der Waals surface area (Å²) in [5, 5.41) is 0. The molecule has 1 heterocycles. The molecule has 0 aromatic carbocycles. The molecule has 1 rings (SSSR count). The third-order valence-electron chi connectivity index (χ3n) is 2.24. The average Bonchev–Trinajstić information content (AvgIpc) is 2.18. The molecule has 1 aliphatic rings. The summed E-state index contributed by atoms with van der Waals surface area (Å²) in [6, 6.07) is 0. The Balaban J connectivity index is 2.27. The van der Waals surface area contributed by atoms with E-state index in [0.29, 0.717) is 19.6 Å². The molecule has 3 nitrogen and oxygen atoms in total. The van der Waals surface area contributed by atoms with Gasteiger partial charge in [-0.1, -0.05) is 25.0 Å². The SMILES string of the molecule is CCCCOC(=O)C1CC(C)=CCO1. The Kier molecular flexibility index (Phi) is 4.66. The van der Waals surface area contributed by atoms with Crippen LogP contribution < -0.4 is 0 Å². The zero-order valence-electron chi connectivity index (χ0n) is 8.91. The maximum atomic E-state index is 11.4. The number of unbranched alkanes of at least 4 members (excludes halogenated alkanes) is 1. The lowest BCUT2D eigenvalue weighted by Crippen LogP contribution is -2.29. The summed E-state index contributed by atoms with van der Waals surface area (Å²) in [4.78, 5) is 11.4. The first-order valence-electron chi connectivity index (χ1n) is 5.18. The number of rotatable bonds is 4. The number of carbonyl (C=O) groups excluding carboxylic acids is 1. The molecule has 0 saturated carbocycles. The number of hydrogen-bond acceptors (Lipinski definition) is 3. The van der Waals surface area contributed by atoms with Crippen molar-refractivity contribution >= 4 is 5.97 Å². The van der Waals surface area contributed by atoms with E-state index in [0.717, 1.165) is 12.8 Å². The zero-order valence-corrected chi connectivity index (χ0v) is 8.91. The molecular weight excluding hydrogens is 180 g/mol. The minimum atomic E-state index is -0.378. The maximum Gasteiger partial charge on any atom is 0.335 e. The molecular formula is C11H18O3. The Hall–Kier alpha value is -0.830. The van der Waals surface area contributed by atoms with Gasteiger partial charge in [0.2, 0.25) is 0 Å². The largest absolute Gasteiger partial charge is 0.464 e. The molecule has 0 spiro atoms. The van der Waals surface area contributed by atoms with Crippen molar-refractivity contribution in [2.45, 2.75) is 39.2 Å². The summed E-state index contributed by atoms with van der Waals surface area (Å²) in [7, 11) is 0. The van der Waals surface area contributed by atoms with Crippen LogP contribution >= 0.6 is 0 Å². The van der Waals surface area contributed by atoms with E-state index in [1.807, 2.05) is 13.0 Å². The van der Waals surface area contributed by atoms with Gasteiger partial charge in [-0.3, -0.25) is 0 Å². The van der Waals surface area contributed by atoms with Gasteiger partial charge < -0.3 is 9.47 Å². The van der Waals surface area contributed by atoms with E-state index in [-0.39, 0.29) is 12.1 Å². The van der Waals surface area contributed by atoms with Crippen molar-refractivity contribution in [3.8, 4) is 0 Å². The van der Waals surface area contributed by atoms with Crippen LogP contribution in [0.15, 0.2) is 11.6 Å². The van der Waals surface area contributed by atoms with E-state index in [1.165, 1.54) is 5.57 Å². The Morgan fingerprint density at radius 1 is 1.71 bits per heavy atom. The first-order chi connectivity index (χ1) is 6.74. The molecule has 0 aromatic rings. The van der Waals surface area contributed by atoms with Crippen molar-refractivity contribution in [1.29, 1.82) is 0 Å². The van der Waals surface area contributed by atoms with Crippen LogP contribution in [-0.2, 0) is 14.3 Å². The minimum absolute atomic E-state index is 0.217. The van der Waals surface area contributed by atoms with Gasteiger partial charge in [-0.25, -0.2) is 4.79 Å². The summed E-state index contributed by atoms with van der Waals surface area (Å²) >= 11 is 0. The second-order valence-corrected chi connectivity index (χ2v) is 3.60. The predicted octanol–water partition coefficient (Wildman–Crippen LogP) is 2.06. The topological polar surface area (TPSA) is 35.5 Å². The van der Waals surface area contributed by atoms with Crippen molar-refractivity contribution in [2.24, 2.45) is 0 Å². The normalized spacial score (nSPS) is 21.6. The lowest BCUT2D eigenvalue weighted by molar-refractivity contribution is -0.157. The fourth-order valence-electron chi connectivity index (χ4n) is 1.30. The number of hydrogen-bond donors (Lipinski definition) is 0. The molecule has 0 bridgehead atoms. The fourth-order valence-corrected chi connectivity index (χ4v) is 1.30. The molecule has 0 N–H and O–H groups in total. The highest BCUT2D eigenvalue weighted by Crippen LogP contribution is 2.15. The van der Waals surface area contributed by atoms with Gasteiger partial charge in [0, 0.05) is 6.42 Å². The van der Waals surface area contributed by atoms with Crippen molar-refractivity contribution < 1.29 is 14.3 Å². The van der Waals surface area contributed by atoms with Crippen LogP contribution in [0.3, 0.4) is 0 Å². The lowest BCUT2D eigenvalue weighted by Gasteiger charge is -2.20. The van der Waals surface area contributed by atoms with E-state index < -0.39 is 0 Å². The average molecular weight is 198 g/mol. The maximum absolute atomic E-state index is 11.4. The van der Waals surface area contributed by atoms with Gasteiger partial charge >= 0.3 is 5.97 Å². The third kappa shape index (κ3) is 3.50. The monoisotopic (exact) mass is 198 g/mol. The van der Waals surface area contributed by atoms with Crippen LogP contribution in [0.5, 0.6) is 0 Å². The highest BCUT2D eigenvalue weighted by molar-refractivity contribution is 5.75. The Labute approximate surface area is 85.1 Å². The van der Waals surface area contributed by atoms with Gasteiger partial charge in [0.25, 0.3) is 0 Å². The standard InChI is InChI=1S/C11H18O3/c1-3-4-6-14-11(12)10-8-9(2)5-7-13-10/h5,10H,3-4,6-8H2,1-2H3. The van der Waals surface area contributed by atoms with Crippen molar-refractivity contribution in [2.75, 3.05) is 13.2 Å². The Bertz CT molecular complexity index is 221. The zero-order chi connectivity index (χ0) is 10.4. The second kappa shape index (κ2) is 5.81. The summed E-state index contributed by atoms with van der Waals surface area (Å²) in [5.41, 5.74) is 1.20. The molecule has 80 valence electrons. The van der Waals surface area contributed by atoms with Gasteiger partial charge in [0.1, 0.15) is 0 Å². The Morgan fingerprint density at radius 3 is 3.14 bits per heavy atom. The van der Waals surface area contributed by atoms with Crippen LogP contribution in [-0.4, -0.2) is 25.3 Å². The highest BCUT2D eigenvalue weighted by atomic mass is 16.6. The van der Waals surface area contributed by atoms with Gasteiger partial charge in [-0.2, -0.15) is 0 Å². The number of esters is 1. The van der Waals surface area contributed by atoms with E-state index in [9.17, 15) is 4.79 Å². The van der Waals surface area contributed by atoms with Crippen molar-refractivity contribution in [1.82, 2.24) is 0 Å². The molecule has 0 aliphatic carbocycles. The van der Waals surface area contributed by atoms with E-state index >= 15 is 0 Å². The molecule has 0 amide bonds. The Morgan fingerprint density at radius 2 is 2.50 bits per heavy atom. The highest BCUT2D eigenvalue weighted by Gasteiger charge is 2.23. The quantitative estimate of drug-likeness (QED) is 0.394. The molecule has 1 unspecified atom stereocenters. The van der Waals surface area contributed by atoms with Crippen LogP contribution in [0.2, 0.25) is 0 Å². The molecule has 3 heteroatoms.